The lowest BCUT2D eigenvalue weighted by atomic mass is 10.1. The van der Waals surface area contributed by atoms with Gasteiger partial charge in [0, 0.05) is 36.1 Å². The number of piperidine rings is 1. The van der Waals surface area contributed by atoms with Gasteiger partial charge in [-0.2, -0.15) is 0 Å². The minimum atomic E-state index is -0.257. The summed E-state index contributed by atoms with van der Waals surface area (Å²) >= 11 is 0. The van der Waals surface area contributed by atoms with Crippen molar-refractivity contribution >= 4 is 23.2 Å². The molecule has 2 heterocycles. The molecule has 0 spiro atoms. The third-order valence-corrected chi connectivity index (χ3v) is 5.74. The third kappa shape index (κ3) is 3.92. The van der Waals surface area contributed by atoms with Crippen LogP contribution in [0.3, 0.4) is 0 Å². The van der Waals surface area contributed by atoms with Gasteiger partial charge < -0.3 is 25.0 Å². The zero-order valence-corrected chi connectivity index (χ0v) is 16.8. The highest BCUT2D eigenvalue weighted by molar-refractivity contribution is 6.06. The Morgan fingerprint density at radius 1 is 0.900 bits per heavy atom. The zero-order chi connectivity index (χ0) is 20.5. The van der Waals surface area contributed by atoms with E-state index in [4.69, 9.17) is 9.47 Å². The van der Waals surface area contributed by atoms with Crippen molar-refractivity contribution in [1.82, 2.24) is 5.32 Å². The number of hydrogen-bond acceptors (Lipinski definition) is 5. The molecule has 0 aromatic heterocycles. The fourth-order valence-corrected chi connectivity index (χ4v) is 3.94. The first-order chi connectivity index (χ1) is 14.7. The number of ether oxygens (including phenoxy) is 2. The lowest BCUT2D eigenvalue weighted by Gasteiger charge is -2.30. The Morgan fingerprint density at radius 2 is 1.70 bits per heavy atom. The number of benzene rings is 2. The molecule has 0 unspecified atom stereocenters. The second-order valence-corrected chi connectivity index (χ2v) is 8.05. The van der Waals surface area contributed by atoms with Crippen molar-refractivity contribution in [3.05, 3.63) is 47.5 Å². The van der Waals surface area contributed by atoms with Gasteiger partial charge in [-0.3, -0.25) is 9.59 Å². The third-order valence-electron chi connectivity index (χ3n) is 5.74. The van der Waals surface area contributed by atoms with Crippen LogP contribution in [-0.4, -0.2) is 37.7 Å². The van der Waals surface area contributed by atoms with Crippen LogP contribution < -0.4 is 25.0 Å². The van der Waals surface area contributed by atoms with Crippen LogP contribution in [0.1, 0.15) is 52.8 Å². The molecule has 0 radical (unpaired) electrons. The maximum Gasteiger partial charge on any atom is 0.255 e. The fraction of sp³-hybridized carbons (Fsp3) is 0.391. The summed E-state index contributed by atoms with van der Waals surface area (Å²) in [6.07, 6.45) is 5.55. The largest absolute Gasteiger partial charge is 0.454 e. The molecule has 2 N–H and O–H groups in total. The molecule has 2 aromatic rings. The molecule has 0 atom stereocenters. The Kier molecular flexibility index (Phi) is 4.94. The van der Waals surface area contributed by atoms with Crippen molar-refractivity contribution in [3.8, 4) is 11.5 Å². The standard InChI is InChI=1S/C23H25N3O4/c27-22(15-4-9-20-21(12-15)30-14-29-20)25-17-7-8-19(26-10-2-1-3-11-26)18(13-17)23(28)24-16-5-6-16/h4,7-9,12-13,16H,1-3,5-6,10-11,14H2,(H,24,28)(H,25,27). The molecule has 156 valence electrons. The van der Waals surface area contributed by atoms with Crippen LogP contribution in [0.2, 0.25) is 0 Å². The smallest absolute Gasteiger partial charge is 0.255 e. The molecule has 3 aliphatic rings. The van der Waals surface area contributed by atoms with Crippen LogP contribution in [0.15, 0.2) is 36.4 Å². The number of anilines is 2. The van der Waals surface area contributed by atoms with Crippen LogP contribution in [-0.2, 0) is 0 Å². The predicted molar refractivity (Wildman–Crippen MR) is 114 cm³/mol. The molecule has 7 nitrogen and oxygen atoms in total. The summed E-state index contributed by atoms with van der Waals surface area (Å²) in [7, 11) is 0. The normalized spacial score (nSPS) is 17.5. The van der Waals surface area contributed by atoms with Gasteiger partial charge in [-0.25, -0.2) is 0 Å². The highest BCUT2D eigenvalue weighted by Crippen LogP contribution is 2.33. The van der Waals surface area contributed by atoms with Crippen molar-refractivity contribution < 1.29 is 19.1 Å². The number of hydrogen-bond donors (Lipinski definition) is 2. The molecule has 1 saturated carbocycles. The zero-order valence-electron chi connectivity index (χ0n) is 16.8. The summed E-state index contributed by atoms with van der Waals surface area (Å²) in [4.78, 5) is 27.9. The summed E-state index contributed by atoms with van der Waals surface area (Å²) in [5.41, 5.74) is 2.63. The van der Waals surface area contributed by atoms with Gasteiger partial charge in [0.15, 0.2) is 11.5 Å². The lowest BCUT2D eigenvalue weighted by molar-refractivity contribution is 0.0950. The van der Waals surface area contributed by atoms with Crippen molar-refractivity contribution in [2.24, 2.45) is 0 Å². The first-order valence-corrected chi connectivity index (χ1v) is 10.6. The van der Waals surface area contributed by atoms with E-state index in [9.17, 15) is 9.59 Å². The van der Waals surface area contributed by atoms with E-state index in [0.29, 0.717) is 28.3 Å². The van der Waals surface area contributed by atoms with Crippen LogP contribution in [0.5, 0.6) is 11.5 Å². The maximum absolute atomic E-state index is 12.9. The molecule has 0 bridgehead atoms. The molecule has 30 heavy (non-hydrogen) atoms. The van der Waals surface area contributed by atoms with E-state index in [1.165, 1.54) is 6.42 Å². The van der Waals surface area contributed by atoms with Crippen molar-refractivity contribution in [1.29, 1.82) is 0 Å². The second-order valence-electron chi connectivity index (χ2n) is 8.05. The number of nitrogens with zero attached hydrogens (tertiary/aromatic N) is 1. The van der Waals surface area contributed by atoms with Gasteiger partial charge in [0.05, 0.1) is 5.56 Å². The highest BCUT2D eigenvalue weighted by atomic mass is 16.7. The first kappa shape index (κ1) is 18.8. The molecular formula is C23H25N3O4. The minimum absolute atomic E-state index is 0.0720. The second kappa shape index (κ2) is 7.89. The number of fused-ring (bicyclic) bond motifs is 1. The van der Waals surface area contributed by atoms with E-state index in [-0.39, 0.29) is 24.6 Å². The Hall–Kier alpha value is -3.22. The van der Waals surface area contributed by atoms with E-state index in [2.05, 4.69) is 15.5 Å². The summed E-state index contributed by atoms with van der Waals surface area (Å²) in [6.45, 7) is 2.07. The van der Waals surface area contributed by atoms with Crippen molar-refractivity contribution in [3.63, 3.8) is 0 Å². The van der Waals surface area contributed by atoms with Gasteiger partial charge >= 0.3 is 0 Å². The predicted octanol–water partition coefficient (Wildman–Crippen LogP) is 3.55. The molecule has 2 aliphatic heterocycles. The van der Waals surface area contributed by atoms with Crippen molar-refractivity contribution in [2.75, 3.05) is 30.1 Å². The quantitative estimate of drug-likeness (QED) is 0.792. The van der Waals surface area contributed by atoms with Crippen LogP contribution in [0.4, 0.5) is 11.4 Å². The van der Waals surface area contributed by atoms with Gasteiger partial charge in [0.1, 0.15) is 0 Å². The number of rotatable bonds is 5. The van der Waals surface area contributed by atoms with E-state index in [0.717, 1.165) is 44.5 Å². The van der Waals surface area contributed by atoms with Crippen LogP contribution >= 0.6 is 0 Å². The Labute approximate surface area is 175 Å². The van der Waals surface area contributed by atoms with Gasteiger partial charge in [-0.15, -0.1) is 0 Å². The van der Waals surface area contributed by atoms with Crippen LogP contribution in [0, 0.1) is 0 Å². The van der Waals surface area contributed by atoms with Gasteiger partial charge in [0.2, 0.25) is 6.79 Å². The average Bonchev–Trinajstić information content (AvgIpc) is 3.46. The Morgan fingerprint density at radius 3 is 2.50 bits per heavy atom. The SMILES string of the molecule is O=C(Nc1ccc(N2CCCCC2)c(C(=O)NC2CC2)c1)c1ccc2c(c1)OCO2. The van der Waals surface area contributed by atoms with Crippen LogP contribution in [0.25, 0.3) is 0 Å². The van der Waals surface area contributed by atoms with E-state index in [1.54, 1.807) is 24.3 Å². The number of nitrogens with one attached hydrogen (secondary N) is 2. The number of amides is 2. The van der Waals surface area contributed by atoms with Gasteiger partial charge in [0.25, 0.3) is 11.8 Å². The van der Waals surface area contributed by atoms with E-state index >= 15 is 0 Å². The molecule has 2 amide bonds. The number of carbonyl (C=O) groups is 2. The molecule has 2 aromatic carbocycles. The lowest BCUT2D eigenvalue weighted by Crippen LogP contribution is -2.33. The van der Waals surface area contributed by atoms with Gasteiger partial charge in [-0.1, -0.05) is 0 Å². The molecule has 1 aliphatic carbocycles. The summed E-state index contributed by atoms with van der Waals surface area (Å²) in [6, 6.07) is 11.0. The Balaban J connectivity index is 1.39. The summed E-state index contributed by atoms with van der Waals surface area (Å²) in [5.74, 6) is 0.869. The van der Waals surface area contributed by atoms with Gasteiger partial charge in [-0.05, 0) is 68.5 Å². The maximum atomic E-state index is 12.9. The molecular weight excluding hydrogens is 382 g/mol. The summed E-state index contributed by atoms with van der Waals surface area (Å²) < 4.78 is 10.7. The van der Waals surface area contributed by atoms with E-state index < -0.39 is 0 Å². The minimum Gasteiger partial charge on any atom is -0.454 e. The first-order valence-electron chi connectivity index (χ1n) is 10.6. The van der Waals surface area contributed by atoms with E-state index in [1.807, 2.05) is 12.1 Å². The molecule has 7 heteroatoms. The molecule has 5 rings (SSSR count). The summed E-state index contributed by atoms with van der Waals surface area (Å²) in [5, 5.41) is 5.99. The monoisotopic (exact) mass is 407 g/mol. The highest BCUT2D eigenvalue weighted by Gasteiger charge is 2.26. The topological polar surface area (TPSA) is 79.9 Å². The average molecular weight is 407 g/mol. The number of carbonyl (C=O) groups excluding carboxylic acids is 2. The molecule has 1 saturated heterocycles. The molecule has 2 fully saturated rings. The fourth-order valence-electron chi connectivity index (χ4n) is 3.94. The van der Waals surface area contributed by atoms with Crippen molar-refractivity contribution in [2.45, 2.75) is 38.1 Å². The Bertz CT molecular complexity index is 980.